The third-order valence-corrected chi connectivity index (χ3v) is 3.80. The van der Waals surface area contributed by atoms with Crippen molar-refractivity contribution in [2.75, 3.05) is 31.6 Å². The number of esters is 1. The first-order valence-corrected chi connectivity index (χ1v) is 7.64. The molecule has 1 aliphatic rings. The topological polar surface area (TPSA) is 59.8 Å². The second-order valence-electron chi connectivity index (χ2n) is 5.50. The summed E-state index contributed by atoms with van der Waals surface area (Å²) in [5.41, 5.74) is 0.186. The number of para-hydroxylation sites is 1. The van der Waals surface area contributed by atoms with Gasteiger partial charge in [0.25, 0.3) is 5.91 Å². The van der Waals surface area contributed by atoms with Gasteiger partial charge in [0.1, 0.15) is 11.7 Å². The summed E-state index contributed by atoms with van der Waals surface area (Å²) in [7, 11) is 0. The minimum Gasteiger partial charge on any atom is -0.466 e. The number of ether oxygens (including phenoxy) is 1. The van der Waals surface area contributed by atoms with Crippen molar-refractivity contribution >= 4 is 17.6 Å². The second-order valence-corrected chi connectivity index (χ2v) is 5.50. The van der Waals surface area contributed by atoms with Gasteiger partial charge in [-0.1, -0.05) is 12.1 Å². The van der Waals surface area contributed by atoms with E-state index >= 15 is 0 Å². The number of piperidine rings is 1. The minimum absolute atomic E-state index is 0.148. The number of rotatable bonds is 5. The molecule has 1 unspecified atom stereocenters. The maximum atomic E-state index is 13.5. The lowest BCUT2D eigenvalue weighted by molar-refractivity contribution is -0.899. The summed E-state index contributed by atoms with van der Waals surface area (Å²) >= 11 is 0. The summed E-state index contributed by atoms with van der Waals surface area (Å²) < 4.78 is 18.5. The van der Waals surface area contributed by atoms with Crippen LogP contribution in [0.2, 0.25) is 0 Å². The molecule has 1 saturated heterocycles. The van der Waals surface area contributed by atoms with Crippen LogP contribution in [0.15, 0.2) is 24.3 Å². The van der Waals surface area contributed by atoms with E-state index < -0.39 is 5.82 Å². The summed E-state index contributed by atoms with van der Waals surface area (Å²) in [5.74, 6) is -1.03. The first-order valence-electron chi connectivity index (χ1n) is 7.64. The molecule has 1 heterocycles. The van der Waals surface area contributed by atoms with E-state index in [1.807, 2.05) is 0 Å². The van der Waals surface area contributed by atoms with Crippen LogP contribution in [0.25, 0.3) is 0 Å². The van der Waals surface area contributed by atoms with Gasteiger partial charge in [-0.25, -0.2) is 4.39 Å². The number of halogens is 1. The zero-order valence-corrected chi connectivity index (χ0v) is 12.7. The highest BCUT2D eigenvalue weighted by Gasteiger charge is 2.30. The van der Waals surface area contributed by atoms with Crippen LogP contribution in [-0.2, 0) is 14.3 Å². The van der Waals surface area contributed by atoms with Crippen LogP contribution >= 0.6 is 0 Å². The molecule has 1 aromatic rings. The van der Waals surface area contributed by atoms with Gasteiger partial charge < -0.3 is 15.0 Å². The molecular formula is C16H22FN2O3+. The molecule has 0 radical (unpaired) electrons. The molecule has 2 N–H and O–H groups in total. The van der Waals surface area contributed by atoms with E-state index in [0.717, 1.165) is 24.3 Å². The fourth-order valence-electron chi connectivity index (χ4n) is 2.76. The normalized spacial score (nSPS) is 21.2. The Balaban J connectivity index is 1.86. The van der Waals surface area contributed by atoms with Crippen LogP contribution in [0.4, 0.5) is 10.1 Å². The quantitative estimate of drug-likeness (QED) is 0.784. The average molecular weight is 309 g/mol. The summed E-state index contributed by atoms with van der Waals surface area (Å²) in [6.07, 6.45) is 1.68. The van der Waals surface area contributed by atoms with E-state index in [9.17, 15) is 14.0 Å². The van der Waals surface area contributed by atoms with E-state index in [1.165, 1.54) is 12.1 Å². The maximum absolute atomic E-state index is 13.5. The average Bonchev–Trinajstić information content (AvgIpc) is 2.50. The van der Waals surface area contributed by atoms with E-state index in [0.29, 0.717) is 13.2 Å². The van der Waals surface area contributed by atoms with Crippen molar-refractivity contribution in [3.05, 3.63) is 30.1 Å². The molecule has 22 heavy (non-hydrogen) atoms. The summed E-state index contributed by atoms with van der Waals surface area (Å²) in [6.45, 7) is 3.81. The third-order valence-electron chi connectivity index (χ3n) is 3.80. The Kier molecular flexibility index (Phi) is 5.89. The lowest BCUT2D eigenvalue weighted by atomic mass is 9.98. The predicted molar refractivity (Wildman–Crippen MR) is 80.0 cm³/mol. The van der Waals surface area contributed by atoms with E-state index in [-0.39, 0.29) is 30.0 Å². The van der Waals surface area contributed by atoms with Gasteiger partial charge in [0.05, 0.1) is 25.4 Å². The van der Waals surface area contributed by atoms with Crippen LogP contribution in [-0.4, -0.2) is 38.1 Å². The van der Waals surface area contributed by atoms with Crippen molar-refractivity contribution in [3.8, 4) is 0 Å². The van der Waals surface area contributed by atoms with Crippen LogP contribution in [0.3, 0.4) is 0 Å². The highest BCUT2D eigenvalue weighted by atomic mass is 19.1. The highest BCUT2D eigenvalue weighted by molar-refractivity contribution is 5.91. The van der Waals surface area contributed by atoms with Crippen molar-refractivity contribution in [1.29, 1.82) is 0 Å². The number of carbonyl (C=O) groups excluding carboxylic acids is 2. The number of hydrogen-bond donors (Lipinski definition) is 2. The Bertz CT molecular complexity index is 536. The molecule has 2 rings (SSSR count). The van der Waals surface area contributed by atoms with Crippen molar-refractivity contribution < 1.29 is 23.6 Å². The Morgan fingerprint density at radius 1 is 1.41 bits per heavy atom. The third kappa shape index (κ3) is 4.53. The zero-order valence-electron chi connectivity index (χ0n) is 12.7. The first-order chi connectivity index (χ1) is 10.6. The summed E-state index contributed by atoms with van der Waals surface area (Å²) in [6, 6.07) is 6.08. The molecule has 0 aromatic heterocycles. The molecule has 5 nitrogen and oxygen atoms in total. The molecule has 120 valence electrons. The zero-order chi connectivity index (χ0) is 15.9. The minimum atomic E-state index is -0.450. The van der Waals surface area contributed by atoms with Gasteiger partial charge >= 0.3 is 5.97 Å². The molecule has 1 amide bonds. The van der Waals surface area contributed by atoms with Gasteiger partial charge in [-0.2, -0.15) is 0 Å². The van der Waals surface area contributed by atoms with Crippen LogP contribution in [0.5, 0.6) is 0 Å². The molecule has 0 saturated carbocycles. The van der Waals surface area contributed by atoms with E-state index in [2.05, 4.69) is 5.32 Å². The second kappa shape index (κ2) is 7.89. The molecule has 0 spiro atoms. The number of amides is 1. The van der Waals surface area contributed by atoms with Gasteiger partial charge in [0.2, 0.25) is 0 Å². The molecular weight excluding hydrogens is 287 g/mol. The Hall–Kier alpha value is -1.95. The first kappa shape index (κ1) is 16.4. The number of hydrogen-bond acceptors (Lipinski definition) is 3. The monoisotopic (exact) mass is 309 g/mol. The van der Waals surface area contributed by atoms with Crippen LogP contribution in [0.1, 0.15) is 19.8 Å². The van der Waals surface area contributed by atoms with Gasteiger partial charge in [0.15, 0.2) is 6.54 Å². The lowest BCUT2D eigenvalue weighted by Crippen LogP contribution is -3.14. The lowest BCUT2D eigenvalue weighted by Gasteiger charge is -2.28. The number of benzene rings is 1. The predicted octanol–water partition coefficient (Wildman–Crippen LogP) is 0.622. The van der Waals surface area contributed by atoms with Gasteiger partial charge in [-0.15, -0.1) is 0 Å². The van der Waals surface area contributed by atoms with Crippen LogP contribution in [0, 0.1) is 11.7 Å². The van der Waals surface area contributed by atoms with Crippen molar-refractivity contribution in [3.63, 3.8) is 0 Å². The largest absolute Gasteiger partial charge is 0.466 e. The van der Waals surface area contributed by atoms with Crippen molar-refractivity contribution in [2.45, 2.75) is 19.8 Å². The van der Waals surface area contributed by atoms with E-state index in [1.54, 1.807) is 19.1 Å². The number of likely N-dealkylation sites (tertiary alicyclic amines) is 1. The number of carbonyl (C=O) groups is 2. The molecule has 6 heteroatoms. The molecule has 1 fully saturated rings. The molecule has 0 bridgehead atoms. The Morgan fingerprint density at radius 3 is 2.91 bits per heavy atom. The standard InChI is InChI=1S/C16H21FN2O3/c1-2-22-16(21)12-6-5-9-19(10-12)11-15(20)18-14-8-4-3-7-13(14)17/h3-4,7-8,12H,2,5-6,9-11H2,1H3,(H,18,20)/p+1/t12-/m0/s1. The number of quaternary nitrogens is 1. The number of anilines is 1. The maximum Gasteiger partial charge on any atom is 0.314 e. The van der Waals surface area contributed by atoms with Gasteiger partial charge in [0, 0.05) is 0 Å². The highest BCUT2D eigenvalue weighted by Crippen LogP contribution is 2.12. The van der Waals surface area contributed by atoms with Gasteiger partial charge in [-0.05, 0) is 31.9 Å². The van der Waals surface area contributed by atoms with Crippen molar-refractivity contribution in [1.82, 2.24) is 0 Å². The Morgan fingerprint density at radius 2 is 2.18 bits per heavy atom. The van der Waals surface area contributed by atoms with E-state index in [4.69, 9.17) is 4.74 Å². The number of nitrogens with one attached hydrogen (secondary N) is 2. The summed E-state index contributed by atoms with van der Waals surface area (Å²) in [5, 5.41) is 2.58. The molecule has 2 atom stereocenters. The van der Waals surface area contributed by atoms with Crippen molar-refractivity contribution in [2.24, 2.45) is 5.92 Å². The Labute approximate surface area is 129 Å². The molecule has 1 aliphatic heterocycles. The fraction of sp³-hybridized carbons (Fsp3) is 0.500. The SMILES string of the molecule is CCOC(=O)[C@H]1CCC[NH+](CC(=O)Nc2ccccc2F)C1. The fourth-order valence-corrected chi connectivity index (χ4v) is 2.76. The molecule has 1 aromatic carbocycles. The molecule has 0 aliphatic carbocycles. The summed E-state index contributed by atoms with van der Waals surface area (Å²) in [4.78, 5) is 24.8. The van der Waals surface area contributed by atoms with Crippen LogP contribution < -0.4 is 10.2 Å². The van der Waals surface area contributed by atoms with Gasteiger partial charge in [-0.3, -0.25) is 9.59 Å². The smallest absolute Gasteiger partial charge is 0.314 e.